The molecule has 0 aliphatic heterocycles. The van der Waals surface area contributed by atoms with Crippen molar-refractivity contribution in [1.82, 2.24) is 31.9 Å². The van der Waals surface area contributed by atoms with E-state index in [1.165, 1.54) is 13.2 Å². The molecule has 7 amide bonds. The van der Waals surface area contributed by atoms with Gasteiger partial charge in [0.05, 0.1) is 12.9 Å². The van der Waals surface area contributed by atoms with Crippen molar-refractivity contribution in [2.75, 3.05) is 13.2 Å². The maximum absolute atomic E-state index is 14.0. The lowest BCUT2D eigenvalue weighted by Crippen LogP contribution is -2.60. The van der Waals surface area contributed by atoms with Crippen LogP contribution in [0.1, 0.15) is 70.6 Å². The van der Waals surface area contributed by atoms with Crippen molar-refractivity contribution >= 4 is 47.3 Å². The number of carbonyl (C=O) groups is 8. The molecule has 1 aromatic carbocycles. The molecule has 0 aliphatic carbocycles. The third-order valence-corrected chi connectivity index (χ3v) is 9.09. The number of carboxylic acids is 1. The molecule has 314 valence electrons. The molecule has 0 unspecified atom stereocenters. The Morgan fingerprint density at radius 2 is 1.26 bits per heavy atom. The Morgan fingerprint density at radius 1 is 0.702 bits per heavy atom. The van der Waals surface area contributed by atoms with E-state index < -0.39 is 96.6 Å². The maximum atomic E-state index is 14.0. The molecular formula is C38H56N8O11. The zero-order valence-electron chi connectivity index (χ0n) is 32.5. The number of aliphatic hydroxyl groups excluding tert-OH is 1. The number of hydrogen-bond donors (Lipinski definition) is 10. The van der Waals surface area contributed by atoms with E-state index in [2.05, 4.69) is 31.9 Å². The zero-order chi connectivity index (χ0) is 42.5. The monoisotopic (exact) mass is 800 g/mol. The minimum atomic E-state index is -1.58. The minimum absolute atomic E-state index is 0.0290. The number of carbonyl (C=O) groups excluding carboxylic acids is 7. The molecule has 7 atom stereocenters. The van der Waals surface area contributed by atoms with Crippen LogP contribution in [0.25, 0.3) is 0 Å². The van der Waals surface area contributed by atoms with Crippen LogP contribution in [0.15, 0.2) is 53.1 Å². The maximum Gasteiger partial charge on any atom is 0.303 e. The number of rotatable bonds is 26. The topological polar surface area (TPSA) is 314 Å². The molecule has 0 spiro atoms. The van der Waals surface area contributed by atoms with Crippen molar-refractivity contribution in [2.24, 2.45) is 17.4 Å². The molecule has 0 saturated carbocycles. The highest BCUT2D eigenvalue weighted by atomic mass is 16.4. The first-order valence-corrected chi connectivity index (χ1v) is 18.8. The highest BCUT2D eigenvalue weighted by Crippen LogP contribution is 2.12. The van der Waals surface area contributed by atoms with Crippen LogP contribution in [0.5, 0.6) is 0 Å². The van der Waals surface area contributed by atoms with Gasteiger partial charge in [-0.25, -0.2) is 0 Å². The predicted molar refractivity (Wildman–Crippen MR) is 205 cm³/mol. The molecule has 1 aromatic heterocycles. The van der Waals surface area contributed by atoms with Crippen LogP contribution in [0.3, 0.4) is 0 Å². The number of hydrogen-bond acceptors (Lipinski definition) is 11. The quantitative estimate of drug-likeness (QED) is 0.0487. The highest BCUT2D eigenvalue weighted by molar-refractivity contribution is 5.97. The average molecular weight is 801 g/mol. The van der Waals surface area contributed by atoms with E-state index in [1.54, 1.807) is 56.3 Å². The molecule has 0 radical (unpaired) electrons. The summed E-state index contributed by atoms with van der Waals surface area (Å²) in [6.07, 6.45) is 1.64. The lowest BCUT2D eigenvalue weighted by Gasteiger charge is -2.28. The SMILES string of the molecule is CC[C@H](C)[C@H](NC(C)=O)C(=O)N[C@@H](CCC(=O)O)C(=O)N[C@@H](CCCCN)C(=O)N[C@@H](Cc1ccccc1)C(=O)N[C@@H](CO)C(=O)N[C@@H](Cc1ccco1)C(N)=O. The van der Waals surface area contributed by atoms with Crippen molar-refractivity contribution in [3.63, 3.8) is 0 Å². The van der Waals surface area contributed by atoms with Crippen molar-refractivity contribution in [1.29, 1.82) is 0 Å². The lowest BCUT2D eigenvalue weighted by molar-refractivity contribution is -0.138. The van der Waals surface area contributed by atoms with Gasteiger partial charge in [0.2, 0.25) is 41.4 Å². The van der Waals surface area contributed by atoms with Gasteiger partial charge in [-0.05, 0) is 55.8 Å². The number of benzene rings is 1. The second-order valence-corrected chi connectivity index (χ2v) is 13.6. The molecule has 12 N–H and O–H groups in total. The van der Waals surface area contributed by atoms with Gasteiger partial charge in [0.25, 0.3) is 0 Å². The highest BCUT2D eigenvalue weighted by Gasteiger charge is 2.34. The molecule has 0 aliphatic rings. The molecule has 1 heterocycles. The Labute approximate surface area is 330 Å². The standard InChI is InChI=1S/C38H56N8O11/c1-4-22(2)32(41-23(3)48)38(56)43-27(15-16-31(49)50)35(53)42-26(14-8-9-17-39)34(52)45-29(19-24-11-6-5-7-12-24)36(54)46-30(21-47)37(55)44-28(33(40)51)20-25-13-10-18-57-25/h5-7,10-13,18,22,26-30,32,47H,4,8-9,14-17,19-21,39H2,1-3H3,(H2,40,51)(H,41,48)(H,42,53)(H,43,56)(H,44,55)(H,45,52)(H,46,54)(H,49,50)/t22-,26-,27-,28-,29-,30-,32-/m0/s1. The number of amides is 7. The van der Waals surface area contributed by atoms with Crippen molar-refractivity contribution < 1.29 is 53.0 Å². The van der Waals surface area contributed by atoms with Gasteiger partial charge in [-0.3, -0.25) is 38.4 Å². The Morgan fingerprint density at radius 3 is 1.81 bits per heavy atom. The van der Waals surface area contributed by atoms with Gasteiger partial charge >= 0.3 is 5.97 Å². The summed E-state index contributed by atoms with van der Waals surface area (Å²) >= 11 is 0. The molecular weight excluding hydrogens is 744 g/mol. The van der Waals surface area contributed by atoms with E-state index in [1.807, 2.05) is 0 Å². The summed E-state index contributed by atoms with van der Waals surface area (Å²) in [7, 11) is 0. The van der Waals surface area contributed by atoms with Gasteiger partial charge in [-0.15, -0.1) is 0 Å². The summed E-state index contributed by atoms with van der Waals surface area (Å²) in [5, 5.41) is 34.5. The first-order valence-electron chi connectivity index (χ1n) is 18.8. The average Bonchev–Trinajstić information content (AvgIpc) is 3.69. The molecule has 0 fully saturated rings. The fourth-order valence-corrected chi connectivity index (χ4v) is 5.68. The van der Waals surface area contributed by atoms with Gasteiger partial charge in [-0.1, -0.05) is 50.6 Å². The zero-order valence-corrected chi connectivity index (χ0v) is 32.5. The van der Waals surface area contributed by atoms with Gasteiger partial charge in [-0.2, -0.15) is 0 Å². The summed E-state index contributed by atoms with van der Waals surface area (Å²) < 4.78 is 5.23. The van der Waals surface area contributed by atoms with Gasteiger partial charge < -0.3 is 58.0 Å². The summed E-state index contributed by atoms with van der Waals surface area (Å²) in [6, 6.07) is 3.72. The van der Waals surface area contributed by atoms with Crippen LogP contribution in [0.4, 0.5) is 0 Å². The third kappa shape index (κ3) is 16.8. The fourth-order valence-electron chi connectivity index (χ4n) is 5.68. The van der Waals surface area contributed by atoms with Crippen molar-refractivity contribution in [2.45, 2.75) is 108 Å². The van der Waals surface area contributed by atoms with E-state index in [-0.39, 0.29) is 38.1 Å². The normalized spacial score (nSPS) is 14.6. The van der Waals surface area contributed by atoms with Gasteiger partial charge in [0.15, 0.2) is 0 Å². The Hall–Kier alpha value is -5.82. The minimum Gasteiger partial charge on any atom is -0.481 e. The largest absolute Gasteiger partial charge is 0.481 e. The van der Waals surface area contributed by atoms with E-state index in [0.29, 0.717) is 30.6 Å². The van der Waals surface area contributed by atoms with Crippen LogP contribution in [0.2, 0.25) is 0 Å². The lowest BCUT2D eigenvalue weighted by atomic mass is 9.97. The third-order valence-electron chi connectivity index (χ3n) is 9.09. The van der Waals surface area contributed by atoms with Crippen molar-refractivity contribution in [3.05, 3.63) is 60.1 Å². The summed E-state index contributed by atoms with van der Waals surface area (Å²) in [5.74, 6) is -6.90. The molecule has 57 heavy (non-hydrogen) atoms. The fraction of sp³-hybridized carbons (Fsp3) is 0.526. The predicted octanol–water partition coefficient (Wildman–Crippen LogP) is -1.49. The van der Waals surface area contributed by atoms with E-state index in [9.17, 15) is 48.6 Å². The first kappa shape index (κ1) is 47.3. The Balaban J connectivity index is 2.35. The number of primary amides is 1. The molecule has 19 heteroatoms. The molecule has 0 bridgehead atoms. The molecule has 2 aromatic rings. The van der Waals surface area contributed by atoms with Crippen LogP contribution in [-0.2, 0) is 51.2 Å². The smallest absolute Gasteiger partial charge is 0.303 e. The van der Waals surface area contributed by atoms with Crippen LogP contribution in [-0.4, -0.2) is 107 Å². The second kappa shape index (κ2) is 24.6. The molecule has 2 rings (SSSR count). The van der Waals surface area contributed by atoms with Crippen LogP contribution >= 0.6 is 0 Å². The van der Waals surface area contributed by atoms with E-state index in [0.717, 1.165) is 0 Å². The Kier molecular flexibility index (Phi) is 20.5. The number of carboxylic acid groups (broad SMARTS) is 1. The summed E-state index contributed by atoms with van der Waals surface area (Å²) in [5.41, 5.74) is 11.7. The van der Waals surface area contributed by atoms with Crippen LogP contribution < -0.4 is 43.4 Å². The number of unbranched alkanes of at least 4 members (excludes halogenated alkanes) is 1. The second-order valence-electron chi connectivity index (χ2n) is 13.6. The number of nitrogens with one attached hydrogen (secondary N) is 6. The number of furan rings is 1. The molecule has 0 saturated heterocycles. The summed E-state index contributed by atoms with van der Waals surface area (Å²) in [6.45, 7) is 4.13. The number of aliphatic hydroxyl groups is 1. The van der Waals surface area contributed by atoms with Gasteiger partial charge in [0.1, 0.15) is 42.0 Å². The molecule has 19 nitrogen and oxygen atoms in total. The number of aliphatic carboxylic acids is 1. The van der Waals surface area contributed by atoms with Gasteiger partial charge in [0, 0.05) is 26.2 Å². The van der Waals surface area contributed by atoms with E-state index >= 15 is 0 Å². The summed E-state index contributed by atoms with van der Waals surface area (Å²) in [4.78, 5) is 103. The number of nitrogens with two attached hydrogens (primary N) is 2. The van der Waals surface area contributed by atoms with E-state index in [4.69, 9.17) is 15.9 Å². The first-order chi connectivity index (χ1) is 27.1. The van der Waals surface area contributed by atoms with Crippen LogP contribution in [0, 0.1) is 5.92 Å². The van der Waals surface area contributed by atoms with Crippen molar-refractivity contribution in [3.8, 4) is 0 Å². The Bertz CT molecular complexity index is 1640.